The topological polar surface area (TPSA) is 347 Å². The second kappa shape index (κ2) is 44.4. The number of halogens is 8. The second-order valence-corrected chi connectivity index (χ2v) is 31.0. The van der Waals surface area contributed by atoms with E-state index in [1.807, 2.05) is 0 Å². The maximum absolute atomic E-state index is 13.6. The van der Waals surface area contributed by atoms with Gasteiger partial charge in [-0.25, -0.2) is 33.2 Å². The van der Waals surface area contributed by atoms with Crippen LogP contribution in [0.25, 0.3) is 0 Å². The highest BCUT2D eigenvalue weighted by Crippen LogP contribution is 2.57. The van der Waals surface area contributed by atoms with E-state index in [1.165, 1.54) is 76.6 Å². The van der Waals surface area contributed by atoms with E-state index < -0.39 is 68.7 Å². The third-order valence-electron chi connectivity index (χ3n) is 9.91. The van der Waals surface area contributed by atoms with Crippen LogP contribution in [-0.2, 0) is 51.8 Å². The Bertz CT molecular complexity index is 3470. The van der Waals surface area contributed by atoms with Gasteiger partial charge in [-0.2, -0.15) is 5.09 Å². The summed E-state index contributed by atoms with van der Waals surface area (Å²) in [5, 5.41) is 31.5. The van der Waals surface area contributed by atoms with Gasteiger partial charge in [0.05, 0.1) is 67.1 Å². The van der Waals surface area contributed by atoms with Gasteiger partial charge in [-0.3, -0.25) is 14.4 Å². The number of hydrogen-bond donors (Lipinski definition) is 6. The van der Waals surface area contributed by atoms with Crippen molar-refractivity contribution in [2.45, 2.75) is 98.8 Å². The lowest BCUT2D eigenvalue weighted by Gasteiger charge is -2.24. The largest absolute Gasteiger partial charge is 0.513 e. The predicted molar refractivity (Wildman–Crippen MR) is 375 cm³/mol. The lowest BCUT2D eigenvalue weighted by Crippen LogP contribution is -2.36. The van der Waals surface area contributed by atoms with E-state index >= 15 is 0 Å². The minimum Gasteiger partial charge on any atom is -0.508 e. The maximum atomic E-state index is 13.6. The summed E-state index contributed by atoms with van der Waals surface area (Å²) < 4.78 is 83.1. The van der Waals surface area contributed by atoms with Crippen molar-refractivity contribution in [2.24, 2.45) is 5.73 Å². The lowest BCUT2D eigenvalue weighted by atomic mass is 10.2. The molecule has 94 heavy (non-hydrogen) atoms. The minimum absolute atomic E-state index is 0. The zero-order valence-corrected chi connectivity index (χ0v) is 64.0. The molecule has 0 spiro atoms. The van der Waals surface area contributed by atoms with Crippen LogP contribution in [0, 0.1) is 0 Å². The van der Waals surface area contributed by atoms with Crippen molar-refractivity contribution in [3.05, 3.63) is 174 Å². The molecule has 35 heteroatoms. The van der Waals surface area contributed by atoms with Gasteiger partial charge in [-0.15, -0.1) is 12.4 Å². The van der Waals surface area contributed by atoms with Crippen LogP contribution < -0.4 is 34.0 Å². The second-order valence-electron chi connectivity index (χ2n) is 19.0. The molecule has 0 saturated carbocycles. The summed E-state index contributed by atoms with van der Waals surface area (Å²) in [6, 6.07) is 34.3. The molecule has 0 fully saturated rings. The van der Waals surface area contributed by atoms with Gasteiger partial charge < -0.3 is 62.8 Å². The zero-order valence-electron chi connectivity index (χ0n) is 51.9. The SMILES string of the molecule is CC(C)OC(=O)[C@H](C)N.CC(C)OC(=O)[C@H](C)NP(=O)(Cl)Oc1ccccc1.COC(=O)c1cc(Br)c(O)c(Br)c1.COC(=O)c1cc(Br)c(OP(=O)(N[C@@H](C)C(=O)OC(C)C)Oc2ccccc2)c(Br)c1.Cl.O=C(O)c1ccc(O)cc1.O=P(Cl)(Cl)Oc1ccccc1. The molecule has 0 saturated heterocycles. The number of carboxylic acids is 1. The van der Waals surface area contributed by atoms with Gasteiger partial charge in [0, 0.05) is 33.7 Å². The van der Waals surface area contributed by atoms with Gasteiger partial charge in [0.15, 0.2) is 5.75 Å². The number of benzene rings is 6. The van der Waals surface area contributed by atoms with Gasteiger partial charge in [-0.05, 0) is 211 Å². The number of aromatic hydroxyl groups is 2. The van der Waals surface area contributed by atoms with Crippen molar-refractivity contribution < 1.29 is 99.6 Å². The van der Waals surface area contributed by atoms with Gasteiger partial charge in [0.25, 0.3) is 0 Å². The molecule has 0 heterocycles. The molecular weight excluding hydrogens is 1640 g/mol. The molecule has 24 nitrogen and oxygen atoms in total. The first kappa shape index (κ1) is 88.6. The maximum Gasteiger partial charge on any atom is 0.513 e. The van der Waals surface area contributed by atoms with E-state index in [0.717, 1.165) is 0 Å². The molecule has 6 aromatic carbocycles. The Labute approximate surface area is 598 Å². The van der Waals surface area contributed by atoms with Gasteiger partial charge >= 0.3 is 56.5 Å². The van der Waals surface area contributed by atoms with E-state index in [4.69, 9.17) is 82.2 Å². The minimum atomic E-state index is -4.14. The smallest absolute Gasteiger partial charge is 0.508 e. The highest BCUT2D eigenvalue weighted by Gasteiger charge is 2.36. The van der Waals surface area contributed by atoms with Crippen molar-refractivity contribution in [1.29, 1.82) is 0 Å². The quantitative estimate of drug-likeness (QED) is 0.0221. The number of phenols is 2. The molecule has 2 unspecified atom stereocenters. The monoisotopic (exact) mass is 1700 g/mol. The highest BCUT2D eigenvalue weighted by atomic mass is 79.9. The number of carbonyl (C=O) groups excluding carboxylic acids is 5. The molecule has 0 amide bonds. The van der Waals surface area contributed by atoms with Crippen LogP contribution in [0.5, 0.6) is 34.5 Å². The van der Waals surface area contributed by atoms with Crippen LogP contribution >= 0.6 is 131 Å². The van der Waals surface area contributed by atoms with E-state index in [-0.39, 0.29) is 70.8 Å². The first-order valence-electron chi connectivity index (χ1n) is 26.8. The van der Waals surface area contributed by atoms with Crippen LogP contribution in [-0.4, -0.2) is 102 Å². The van der Waals surface area contributed by atoms with Crippen molar-refractivity contribution in [1.82, 2.24) is 10.2 Å². The van der Waals surface area contributed by atoms with Crippen molar-refractivity contribution >= 4 is 166 Å². The Kier molecular flexibility index (Phi) is 41.9. The Balaban J connectivity index is 0.00000118. The van der Waals surface area contributed by atoms with Crippen LogP contribution in [0.1, 0.15) is 93.4 Å². The van der Waals surface area contributed by atoms with E-state index in [0.29, 0.717) is 35.0 Å². The molecule has 5 atom stereocenters. The molecule has 7 N–H and O–H groups in total. The van der Waals surface area contributed by atoms with Crippen LogP contribution in [0.2, 0.25) is 0 Å². The van der Waals surface area contributed by atoms with E-state index in [2.05, 4.69) is 83.2 Å². The number of phenolic OH excluding ortho intramolecular Hbond substituents is 2. The summed E-state index contributed by atoms with van der Waals surface area (Å²) in [7, 11) is -1.58. The number of esters is 5. The number of carbonyl (C=O) groups is 6. The lowest BCUT2D eigenvalue weighted by molar-refractivity contribution is -0.149. The van der Waals surface area contributed by atoms with Crippen LogP contribution in [0.3, 0.4) is 0 Å². The number of aromatic carboxylic acids is 1. The van der Waals surface area contributed by atoms with Crippen LogP contribution in [0.4, 0.5) is 0 Å². The average Bonchev–Trinajstić information content (AvgIpc) is 0.817. The number of hydrogen-bond acceptors (Lipinski definition) is 21. The van der Waals surface area contributed by atoms with Crippen LogP contribution in [0.15, 0.2) is 157 Å². The Morgan fingerprint density at radius 2 is 0.819 bits per heavy atom. The molecule has 0 bridgehead atoms. The van der Waals surface area contributed by atoms with Crippen molar-refractivity contribution in [3.63, 3.8) is 0 Å². The number of rotatable bonds is 21. The predicted octanol–water partition coefficient (Wildman–Crippen LogP) is 17.0. The fraction of sp³-hybridized carbons (Fsp3) is 0.288. The fourth-order valence-electron chi connectivity index (χ4n) is 5.93. The number of nitrogens with one attached hydrogen (secondary N) is 2. The zero-order chi connectivity index (χ0) is 71.0. The average molecular weight is 1710 g/mol. The summed E-state index contributed by atoms with van der Waals surface area (Å²) in [5.41, 5.74) is 6.01. The number of nitrogens with two attached hydrogens (primary N) is 1. The number of carboxylic acid groups (broad SMARTS) is 1. The molecule has 6 aromatic rings. The Hall–Kier alpha value is -5.41. The van der Waals surface area contributed by atoms with E-state index in [1.54, 1.807) is 139 Å². The summed E-state index contributed by atoms with van der Waals surface area (Å²) in [6.45, 7) is 11.4. The summed E-state index contributed by atoms with van der Waals surface area (Å²) in [4.78, 5) is 67.5. The van der Waals surface area contributed by atoms with E-state index in [9.17, 15) is 47.6 Å². The third-order valence-corrected chi connectivity index (χ3v) is 16.4. The summed E-state index contributed by atoms with van der Waals surface area (Å²) >= 11 is 28.9. The molecule has 0 aliphatic carbocycles. The Morgan fingerprint density at radius 1 is 0.479 bits per heavy atom. The third kappa shape index (κ3) is 37.2. The van der Waals surface area contributed by atoms with Gasteiger partial charge in [0.1, 0.15) is 46.9 Å². The Morgan fingerprint density at radius 3 is 1.15 bits per heavy atom. The molecular formula is C59H70Br4Cl4N3O21P3. The van der Waals surface area contributed by atoms with Crippen molar-refractivity contribution in [2.75, 3.05) is 14.2 Å². The molecule has 6 rings (SSSR count). The molecule has 0 aliphatic heterocycles. The summed E-state index contributed by atoms with van der Waals surface area (Å²) in [5.74, 6) is -2.21. The van der Waals surface area contributed by atoms with Crippen molar-refractivity contribution in [3.8, 4) is 34.5 Å². The molecule has 0 radical (unpaired) electrons. The number of methoxy groups -OCH3 is 2. The summed E-state index contributed by atoms with van der Waals surface area (Å²) in [6.07, 6.45) is -4.10. The number of para-hydroxylation sites is 3. The first-order chi connectivity index (χ1) is 43.2. The fourth-order valence-corrected chi connectivity index (χ4v) is 12.8. The van der Waals surface area contributed by atoms with Gasteiger partial charge in [-0.1, -0.05) is 54.6 Å². The standard InChI is InChI=1S/C20H22Br2NO7P.C12H17ClNO4P.C8H6Br2O3.C7H6O3.C6H5Cl2O2P.C6H13NO2.ClH/c1-12(2)28-19(24)13(3)23-31(26,29-15-8-6-5-7-9-15)30-18-16(21)10-14(11-17(18)22)20(25)27-4;1-9(2)17-12(15)10(3)14-19(13,16)18-11-7-5-4-6-8-11;1-13-8(12)4-2-5(9)7(11)6(10)3-4;8-6-3-1-5(2-4-6)7(9)10;7-11(8,9)10-6-4-2-1-3-5-6;1-4(2)9-6(8)5(3)7;/h5-13H,1-4H3,(H,23,26);4-10H,1-3H3,(H,14,16);2-3,11H,1H3;1-4,8H,(H,9,10);1-5H;4-5H,7H2,1-3H3;1H/t13-,31?;10-,19?;;;;5-;/m00...0./s1. The molecule has 518 valence electrons. The first-order valence-corrected chi connectivity index (χ1v) is 37.5. The normalized spacial score (nSPS) is 12.6. The highest BCUT2D eigenvalue weighted by molar-refractivity contribution is 9.11. The molecule has 0 aromatic heterocycles. The number of ether oxygens (including phenoxy) is 5. The van der Waals surface area contributed by atoms with Gasteiger partial charge in [0.2, 0.25) is 0 Å². The molecule has 0 aliphatic rings.